The summed E-state index contributed by atoms with van der Waals surface area (Å²) in [6.07, 6.45) is 14.7. The Bertz CT molecular complexity index is 1010. The third-order valence-electron chi connectivity index (χ3n) is 12.3. The standard InChI is InChI=1S/C33H53O4P/c1-23(2)12-11-13-24(3)30-32(5)21-19-28-27(18-17-25-14-9-10-20-31(25,28)4)29(32)22-33(30,37-38(34,35)36)26-15-7-6-8-16-26/h6-8,15-16,23-25,27-30H,9-14,17-22H2,1-5H3,(H2,34,35,36)/t24-,25?,27-,28+,29+,30-,31+,32+,33?/m1/s1. The van der Waals surface area contributed by atoms with Gasteiger partial charge in [-0.05, 0) is 96.8 Å². The lowest BCUT2D eigenvalue weighted by molar-refractivity contribution is -0.118. The molecule has 38 heavy (non-hydrogen) atoms. The van der Waals surface area contributed by atoms with Crippen molar-refractivity contribution in [2.24, 2.45) is 52.3 Å². The van der Waals surface area contributed by atoms with Gasteiger partial charge in [0, 0.05) is 5.92 Å². The number of fused-ring (bicyclic) bond motifs is 5. The Balaban J connectivity index is 1.58. The van der Waals surface area contributed by atoms with Crippen LogP contribution in [0.1, 0.15) is 117 Å². The van der Waals surface area contributed by atoms with E-state index in [1.165, 1.54) is 51.4 Å². The number of benzene rings is 1. The molecular weight excluding hydrogens is 491 g/mol. The van der Waals surface area contributed by atoms with E-state index in [-0.39, 0.29) is 11.3 Å². The molecule has 5 rings (SSSR count). The lowest BCUT2D eigenvalue weighted by Gasteiger charge is -2.60. The summed E-state index contributed by atoms with van der Waals surface area (Å²) in [5.41, 5.74) is 0.467. The van der Waals surface area contributed by atoms with Gasteiger partial charge in [0.15, 0.2) is 0 Å². The molecule has 4 aliphatic rings. The highest BCUT2D eigenvalue weighted by atomic mass is 31.2. The van der Waals surface area contributed by atoms with Crippen LogP contribution in [0, 0.1) is 52.3 Å². The van der Waals surface area contributed by atoms with E-state index < -0.39 is 13.4 Å². The summed E-state index contributed by atoms with van der Waals surface area (Å²) >= 11 is 0. The minimum atomic E-state index is -4.72. The molecule has 0 bridgehead atoms. The van der Waals surface area contributed by atoms with E-state index >= 15 is 0 Å². The van der Waals surface area contributed by atoms with Crippen LogP contribution >= 0.6 is 7.82 Å². The molecule has 1 aromatic carbocycles. The molecule has 5 heteroatoms. The monoisotopic (exact) mass is 544 g/mol. The average molecular weight is 545 g/mol. The first kappa shape index (κ1) is 28.8. The van der Waals surface area contributed by atoms with Gasteiger partial charge in [0.1, 0.15) is 5.60 Å². The topological polar surface area (TPSA) is 66.8 Å². The summed E-state index contributed by atoms with van der Waals surface area (Å²) in [6, 6.07) is 10.2. The Labute approximate surface area is 232 Å². The summed E-state index contributed by atoms with van der Waals surface area (Å²) in [5.74, 6) is 3.74. The van der Waals surface area contributed by atoms with Crippen LogP contribution in [-0.4, -0.2) is 9.79 Å². The second-order valence-corrected chi connectivity index (χ2v) is 15.9. The summed E-state index contributed by atoms with van der Waals surface area (Å²) in [7, 11) is -4.72. The molecule has 2 unspecified atom stereocenters. The van der Waals surface area contributed by atoms with Gasteiger partial charge < -0.3 is 9.79 Å². The van der Waals surface area contributed by atoms with Crippen LogP contribution < -0.4 is 0 Å². The lowest BCUT2D eigenvalue weighted by Crippen LogP contribution is -2.53. The molecule has 0 aromatic heterocycles. The third kappa shape index (κ3) is 4.99. The molecule has 214 valence electrons. The van der Waals surface area contributed by atoms with Crippen LogP contribution in [0.3, 0.4) is 0 Å². The highest BCUT2D eigenvalue weighted by molar-refractivity contribution is 7.46. The van der Waals surface area contributed by atoms with E-state index in [4.69, 9.17) is 4.52 Å². The van der Waals surface area contributed by atoms with E-state index in [0.717, 1.165) is 43.1 Å². The molecule has 1 aromatic rings. The molecule has 4 nitrogen and oxygen atoms in total. The predicted octanol–water partition coefficient (Wildman–Crippen LogP) is 9.11. The van der Waals surface area contributed by atoms with E-state index in [9.17, 15) is 14.4 Å². The largest absolute Gasteiger partial charge is 0.470 e. The molecule has 0 saturated heterocycles. The number of phosphoric ester groups is 1. The van der Waals surface area contributed by atoms with Crippen LogP contribution in [0.4, 0.5) is 0 Å². The first-order valence-electron chi connectivity index (χ1n) is 15.7. The van der Waals surface area contributed by atoms with Gasteiger partial charge in [-0.25, -0.2) is 4.57 Å². The number of rotatable bonds is 8. The average Bonchev–Trinajstić information content (AvgIpc) is 3.11. The first-order valence-corrected chi connectivity index (χ1v) is 17.3. The maximum atomic E-state index is 12.7. The number of phosphoric acid groups is 1. The van der Waals surface area contributed by atoms with Crippen molar-refractivity contribution >= 4 is 7.82 Å². The predicted molar refractivity (Wildman–Crippen MR) is 154 cm³/mol. The fourth-order valence-electron chi connectivity index (χ4n) is 10.9. The van der Waals surface area contributed by atoms with Gasteiger partial charge in [-0.2, -0.15) is 0 Å². The molecule has 0 amide bonds. The fourth-order valence-corrected chi connectivity index (χ4v) is 11.6. The molecule has 0 heterocycles. The summed E-state index contributed by atoms with van der Waals surface area (Å²) in [5, 5.41) is 0. The van der Waals surface area contributed by atoms with Crippen molar-refractivity contribution in [1.82, 2.24) is 0 Å². The maximum absolute atomic E-state index is 12.7. The minimum Gasteiger partial charge on any atom is -0.303 e. The highest BCUT2D eigenvalue weighted by Gasteiger charge is 2.68. The smallest absolute Gasteiger partial charge is 0.303 e. The number of hydrogen-bond acceptors (Lipinski definition) is 2. The fraction of sp³-hybridized carbons (Fsp3) is 0.818. The molecule has 4 saturated carbocycles. The molecule has 0 aliphatic heterocycles. The molecule has 4 fully saturated rings. The van der Waals surface area contributed by atoms with Crippen molar-refractivity contribution in [2.75, 3.05) is 0 Å². The Morgan fingerprint density at radius 1 is 0.921 bits per heavy atom. The molecule has 0 radical (unpaired) electrons. The second-order valence-electron chi connectivity index (χ2n) is 14.8. The Morgan fingerprint density at radius 3 is 2.34 bits per heavy atom. The van der Waals surface area contributed by atoms with E-state index in [1.54, 1.807) is 0 Å². The lowest BCUT2D eigenvalue weighted by atomic mass is 9.44. The zero-order valence-corrected chi connectivity index (χ0v) is 25.5. The van der Waals surface area contributed by atoms with Crippen molar-refractivity contribution in [3.05, 3.63) is 35.9 Å². The minimum absolute atomic E-state index is 0.0152. The van der Waals surface area contributed by atoms with E-state index in [0.29, 0.717) is 29.1 Å². The molecule has 9 atom stereocenters. The van der Waals surface area contributed by atoms with Gasteiger partial charge in [0.2, 0.25) is 0 Å². The van der Waals surface area contributed by atoms with Gasteiger partial charge in [0.05, 0.1) is 0 Å². The molecular formula is C33H53O4P. The molecule has 4 aliphatic carbocycles. The zero-order valence-electron chi connectivity index (χ0n) is 24.6. The Morgan fingerprint density at radius 2 is 1.66 bits per heavy atom. The summed E-state index contributed by atoms with van der Waals surface area (Å²) in [6.45, 7) is 12.0. The van der Waals surface area contributed by atoms with Crippen molar-refractivity contribution in [3.8, 4) is 0 Å². The van der Waals surface area contributed by atoms with Crippen LogP contribution in [0.5, 0.6) is 0 Å². The van der Waals surface area contributed by atoms with Gasteiger partial charge >= 0.3 is 7.82 Å². The van der Waals surface area contributed by atoms with Gasteiger partial charge in [-0.1, -0.05) is 97.1 Å². The van der Waals surface area contributed by atoms with Crippen LogP contribution in [0.25, 0.3) is 0 Å². The normalized spacial score (nSPS) is 41.8. The van der Waals surface area contributed by atoms with Crippen LogP contribution in [-0.2, 0) is 14.7 Å². The second kappa shape index (κ2) is 10.6. The molecule has 2 N–H and O–H groups in total. The molecule has 0 spiro atoms. The maximum Gasteiger partial charge on any atom is 0.470 e. The Kier molecular flexibility index (Phi) is 8.06. The van der Waals surface area contributed by atoms with Crippen molar-refractivity contribution in [1.29, 1.82) is 0 Å². The van der Waals surface area contributed by atoms with Crippen LogP contribution in [0.15, 0.2) is 30.3 Å². The van der Waals surface area contributed by atoms with Crippen molar-refractivity contribution in [3.63, 3.8) is 0 Å². The quantitative estimate of drug-likeness (QED) is 0.320. The summed E-state index contributed by atoms with van der Waals surface area (Å²) in [4.78, 5) is 20.8. The first-order chi connectivity index (χ1) is 17.9. The van der Waals surface area contributed by atoms with Gasteiger partial charge in [-0.15, -0.1) is 0 Å². The van der Waals surface area contributed by atoms with E-state index in [1.807, 2.05) is 18.2 Å². The van der Waals surface area contributed by atoms with Crippen molar-refractivity contribution < 1.29 is 18.9 Å². The number of hydrogen-bond donors (Lipinski definition) is 2. The zero-order chi connectivity index (χ0) is 27.3. The SMILES string of the molecule is CC(C)CCC[C@@H](C)[C@H]1C(OP(=O)(O)O)(c2ccccc2)C[C@H]2[C@@H]3CCC4CCCC[C@]4(C)[C@H]3CC[C@@]21C. The third-order valence-corrected chi connectivity index (χ3v) is 12.9. The summed E-state index contributed by atoms with van der Waals surface area (Å²) < 4.78 is 18.9. The Hall–Kier alpha value is -0.670. The van der Waals surface area contributed by atoms with Crippen molar-refractivity contribution in [2.45, 2.75) is 117 Å². The van der Waals surface area contributed by atoms with Crippen LogP contribution in [0.2, 0.25) is 0 Å². The highest BCUT2D eigenvalue weighted by Crippen LogP contribution is 2.74. The van der Waals surface area contributed by atoms with E-state index in [2.05, 4.69) is 46.8 Å². The van der Waals surface area contributed by atoms with Gasteiger partial charge in [0.25, 0.3) is 0 Å². The van der Waals surface area contributed by atoms with Gasteiger partial charge in [-0.3, -0.25) is 4.52 Å².